The van der Waals surface area contributed by atoms with Gasteiger partial charge in [0.2, 0.25) is 0 Å². The Morgan fingerprint density at radius 2 is 1.75 bits per heavy atom. The van der Waals surface area contributed by atoms with Crippen molar-refractivity contribution in [2.45, 2.75) is 74.7 Å². The molecule has 1 unspecified atom stereocenters. The predicted molar refractivity (Wildman–Crippen MR) is 168 cm³/mol. The van der Waals surface area contributed by atoms with Gasteiger partial charge in [0.05, 0.1) is 23.9 Å². The van der Waals surface area contributed by atoms with Crippen LogP contribution in [0.1, 0.15) is 60.4 Å². The first-order chi connectivity index (χ1) is 21.3. The Kier molecular flexibility index (Phi) is 10.3. The number of aliphatic hydroxyl groups is 1. The zero-order chi connectivity index (χ0) is 30.5. The third kappa shape index (κ3) is 7.67. The highest BCUT2D eigenvalue weighted by Crippen LogP contribution is 2.40. The van der Waals surface area contributed by atoms with Crippen molar-refractivity contribution in [2.75, 3.05) is 51.6 Å². The van der Waals surface area contributed by atoms with Gasteiger partial charge in [0.25, 0.3) is 0 Å². The molecule has 6 rings (SSSR count). The number of rotatable bonds is 10. The third-order valence-electron chi connectivity index (χ3n) is 9.30. The van der Waals surface area contributed by atoms with Crippen molar-refractivity contribution in [3.8, 4) is 11.3 Å². The number of halogens is 3. The summed E-state index contributed by atoms with van der Waals surface area (Å²) in [6.07, 6.45) is 5.12. The largest absolute Gasteiger partial charge is 0.417 e. The van der Waals surface area contributed by atoms with Gasteiger partial charge in [0, 0.05) is 72.5 Å². The zero-order valence-electron chi connectivity index (χ0n) is 25.2. The van der Waals surface area contributed by atoms with Crippen molar-refractivity contribution < 1.29 is 18.3 Å². The number of likely N-dealkylation sites (tertiary alicyclic amines) is 2. The van der Waals surface area contributed by atoms with Crippen molar-refractivity contribution in [2.24, 2.45) is 0 Å². The quantitative estimate of drug-likeness (QED) is 0.291. The minimum Gasteiger partial charge on any atom is -0.390 e. The maximum atomic E-state index is 14.0. The van der Waals surface area contributed by atoms with Crippen molar-refractivity contribution in [1.29, 1.82) is 0 Å². The van der Waals surface area contributed by atoms with Gasteiger partial charge in [0.1, 0.15) is 0 Å². The number of hydrogen-bond donors (Lipinski definition) is 2. The van der Waals surface area contributed by atoms with E-state index >= 15 is 0 Å². The van der Waals surface area contributed by atoms with E-state index in [1.165, 1.54) is 29.8 Å². The molecule has 2 N–H and O–H groups in total. The van der Waals surface area contributed by atoms with Crippen molar-refractivity contribution >= 4 is 11.8 Å². The predicted octanol–water partition coefficient (Wildman–Crippen LogP) is 5.43. The summed E-state index contributed by atoms with van der Waals surface area (Å²) in [5.74, 6) is 1.14. The van der Waals surface area contributed by atoms with Crippen LogP contribution in [0.2, 0.25) is 0 Å². The number of thioether (sulfide) groups is 1. The van der Waals surface area contributed by atoms with Gasteiger partial charge in [-0.05, 0) is 87.6 Å². The Morgan fingerprint density at radius 1 is 0.977 bits per heavy atom. The second-order valence-electron chi connectivity index (χ2n) is 12.4. The Hall–Kier alpha value is -2.44. The van der Waals surface area contributed by atoms with Gasteiger partial charge in [-0.3, -0.25) is 9.67 Å². The summed E-state index contributed by atoms with van der Waals surface area (Å²) < 4.78 is 43.9. The number of β-amino-alcohol motifs (C(OH)–C–C–N with tert-alkyl or cyclic N) is 1. The highest BCUT2D eigenvalue weighted by molar-refractivity contribution is 7.99. The SMILES string of the molecule is OC(CN1CCC(c2ccncc2)CC1)Cn1nc(-c2ccc(C(F)(F)F)c(SCCN3CCCCC3)c2)c2c1CCNC2. The zero-order valence-corrected chi connectivity index (χ0v) is 26.1. The molecule has 44 heavy (non-hydrogen) atoms. The van der Waals surface area contributed by atoms with Crippen LogP contribution in [0, 0.1) is 0 Å². The van der Waals surface area contributed by atoms with Gasteiger partial charge in [-0.15, -0.1) is 11.8 Å². The van der Waals surface area contributed by atoms with E-state index in [0.717, 1.165) is 82.6 Å². The summed E-state index contributed by atoms with van der Waals surface area (Å²) in [4.78, 5) is 9.06. The van der Waals surface area contributed by atoms with Crippen LogP contribution in [0.25, 0.3) is 11.3 Å². The van der Waals surface area contributed by atoms with E-state index in [2.05, 4.69) is 32.2 Å². The smallest absolute Gasteiger partial charge is 0.390 e. The number of alkyl halides is 3. The number of aliphatic hydroxyl groups excluding tert-OH is 1. The maximum absolute atomic E-state index is 14.0. The van der Waals surface area contributed by atoms with Crippen LogP contribution < -0.4 is 5.32 Å². The summed E-state index contributed by atoms with van der Waals surface area (Å²) >= 11 is 1.29. The Bertz CT molecular complexity index is 1370. The van der Waals surface area contributed by atoms with Crippen molar-refractivity contribution in [3.05, 3.63) is 65.1 Å². The fourth-order valence-corrected chi connectivity index (χ4v) is 8.05. The van der Waals surface area contributed by atoms with Crippen LogP contribution >= 0.6 is 11.8 Å². The lowest BCUT2D eigenvalue weighted by molar-refractivity contribution is -0.139. The van der Waals surface area contributed by atoms with E-state index in [4.69, 9.17) is 5.10 Å². The van der Waals surface area contributed by atoms with Gasteiger partial charge in [-0.25, -0.2) is 0 Å². The summed E-state index contributed by atoms with van der Waals surface area (Å²) in [7, 11) is 0. The summed E-state index contributed by atoms with van der Waals surface area (Å²) in [6, 6.07) is 8.63. The van der Waals surface area contributed by atoms with E-state index in [1.54, 1.807) is 12.1 Å². The minimum absolute atomic E-state index is 0.259. The number of piperidine rings is 2. The van der Waals surface area contributed by atoms with Crippen LogP contribution in [-0.4, -0.2) is 87.3 Å². The van der Waals surface area contributed by atoms with Gasteiger partial charge in [0.15, 0.2) is 0 Å². The molecule has 0 aliphatic carbocycles. The number of aromatic nitrogens is 3. The lowest BCUT2D eigenvalue weighted by Gasteiger charge is -2.33. The maximum Gasteiger partial charge on any atom is 0.417 e. The number of pyridine rings is 1. The Balaban J connectivity index is 1.15. The van der Waals surface area contributed by atoms with Gasteiger partial charge in [-0.1, -0.05) is 12.5 Å². The first kappa shape index (κ1) is 31.5. The van der Waals surface area contributed by atoms with Crippen LogP contribution in [0.5, 0.6) is 0 Å². The van der Waals surface area contributed by atoms with E-state index in [0.29, 0.717) is 42.6 Å². The van der Waals surface area contributed by atoms with E-state index in [9.17, 15) is 18.3 Å². The molecule has 2 aromatic heterocycles. The van der Waals surface area contributed by atoms with Crippen LogP contribution in [0.4, 0.5) is 13.2 Å². The van der Waals surface area contributed by atoms with Crippen molar-refractivity contribution in [3.63, 3.8) is 0 Å². The average Bonchev–Trinajstić information content (AvgIpc) is 3.40. The molecule has 5 heterocycles. The molecule has 11 heteroatoms. The molecule has 3 aromatic rings. The molecule has 238 valence electrons. The Morgan fingerprint density at radius 3 is 2.50 bits per heavy atom. The number of nitrogens with one attached hydrogen (secondary N) is 1. The minimum atomic E-state index is -4.41. The molecule has 0 bridgehead atoms. The molecule has 0 radical (unpaired) electrons. The highest BCUT2D eigenvalue weighted by Gasteiger charge is 2.34. The van der Waals surface area contributed by atoms with E-state index in [-0.39, 0.29) is 4.90 Å². The molecular weight excluding hydrogens is 585 g/mol. The third-order valence-corrected chi connectivity index (χ3v) is 10.3. The molecule has 2 saturated heterocycles. The van der Waals surface area contributed by atoms with Gasteiger partial charge < -0.3 is 20.2 Å². The number of hydrogen-bond acceptors (Lipinski definition) is 7. The summed E-state index contributed by atoms with van der Waals surface area (Å²) in [6.45, 7) is 7.06. The standard InChI is InChI=1S/C33H43F3N6OS/c34-33(35,36)29-5-4-26(20-31(29)44-19-18-40-14-2-1-3-15-40)32-28-21-38-13-8-30(28)42(39-32)23-27(43)22-41-16-9-25(10-17-41)24-6-11-37-12-7-24/h4-7,11-12,20,25,27,38,43H,1-3,8-10,13-19,21-23H2. The van der Waals surface area contributed by atoms with Gasteiger partial charge >= 0.3 is 6.18 Å². The van der Waals surface area contributed by atoms with Gasteiger partial charge in [-0.2, -0.15) is 18.3 Å². The van der Waals surface area contributed by atoms with E-state index < -0.39 is 17.8 Å². The molecule has 0 spiro atoms. The first-order valence-corrected chi connectivity index (χ1v) is 17.0. The fourth-order valence-electron chi connectivity index (χ4n) is 6.93. The number of fused-ring (bicyclic) bond motifs is 1. The molecular formula is C33H43F3N6OS. The summed E-state index contributed by atoms with van der Waals surface area (Å²) in [5.41, 5.74) is 4.24. The van der Waals surface area contributed by atoms with E-state index in [1.807, 2.05) is 17.1 Å². The molecule has 1 atom stereocenters. The second kappa shape index (κ2) is 14.3. The lowest BCUT2D eigenvalue weighted by atomic mass is 9.90. The molecule has 0 saturated carbocycles. The topological polar surface area (TPSA) is 69.5 Å². The molecule has 3 aliphatic heterocycles. The first-order valence-electron chi connectivity index (χ1n) is 16.0. The van der Waals surface area contributed by atoms with Crippen LogP contribution in [-0.2, 0) is 25.7 Å². The fraction of sp³-hybridized carbons (Fsp3) is 0.576. The second-order valence-corrected chi connectivity index (χ2v) is 13.5. The van der Waals surface area contributed by atoms with Crippen LogP contribution in [0.3, 0.4) is 0 Å². The monoisotopic (exact) mass is 628 g/mol. The van der Waals surface area contributed by atoms with Crippen LogP contribution in [0.15, 0.2) is 47.6 Å². The molecule has 1 aromatic carbocycles. The Labute approximate surface area is 262 Å². The molecule has 0 amide bonds. The lowest BCUT2D eigenvalue weighted by Crippen LogP contribution is -2.40. The van der Waals surface area contributed by atoms with Crippen molar-refractivity contribution in [1.82, 2.24) is 29.9 Å². The highest BCUT2D eigenvalue weighted by atomic mass is 32.2. The molecule has 7 nitrogen and oxygen atoms in total. The number of nitrogens with zero attached hydrogens (tertiary/aromatic N) is 5. The normalized spacial score (nSPS) is 19.6. The molecule has 2 fully saturated rings. The summed E-state index contributed by atoms with van der Waals surface area (Å²) in [5, 5.41) is 19.5. The average molecular weight is 629 g/mol. The molecule has 3 aliphatic rings. The number of benzene rings is 1.